The Morgan fingerprint density at radius 3 is 3.04 bits per heavy atom. The lowest BCUT2D eigenvalue weighted by molar-refractivity contribution is 0.0434. The molecule has 0 amide bonds. The first kappa shape index (κ1) is 17.7. The maximum Gasteiger partial charge on any atom is 0.343 e. The summed E-state index contributed by atoms with van der Waals surface area (Å²) in [6.07, 6.45) is 4.56. The van der Waals surface area contributed by atoms with Gasteiger partial charge < -0.3 is 25.8 Å². The average molecular weight is 369 g/mol. The molecule has 27 heavy (non-hydrogen) atoms. The first-order valence-electron chi connectivity index (χ1n) is 9.24. The predicted octanol–water partition coefficient (Wildman–Crippen LogP) is 1.59. The van der Waals surface area contributed by atoms with Crippen molar-refractivity contribution >= 4 is 23.4 Å². The summed E-state index contributed by atoms with van der Waals surface area (Å²) in [5.41, 5.74) is 3.83. The summed E-state index contributed by atoms with van der Waals surface area (Å²) in [6.45, 7) is 1.61. The minimum atomic E-state index is -0.542. The van der Waals surface area contributed by atoms with E-state index in [1.807, 2.05) is 6.07 Å². The molecule has 1 aliphatic heterocycles. The van der Waals surface area contributed by atoms with Gasteiger partial charge >= 0.3 is 5.97 Å². The number of anilines is 3. The minimum absolute atomic E-state index is 0.0499. The lowest BCUT2D eigenvalue weighted by Gasteiger charge is -2.18. The van der Waals surface area contributed by atoms with Crippen molar-refractivity contribution in [1.82, 2.24) is 15.3 Å². The molecule has 0 unspecified atom stereocenters. The number of fused-ring (bicyclic) bond motifs is 1. The number of hydrogen-bond donors (Lipinski definition) is 4. The van der Waals surface area contributed by atoms with Crippen molar-refractivity contribution in [2.45, 2.75) is 31.8 Å². The fourth-order valence-electron chi connectivity index (χ4n) is 3.02. The molecule has 8 heteroatoms. The Balaban J connectivity index is 1.54. The summed E-state index contributed by atoms with van der Waals surface area (Å²) in [5.74, 6) is 0.339. The minimum Gasteiger partial charge on any atom is -0.460 e. The van der Waals surface area contributed by atoms with Crippen LogP contribution in [0.5, 0.6) is 0 Å². The molecule has 0 bridgehead atoms. The van der Waals surface area contributed by atoms with E-state index >= 15 is 0 Å². The number of esters is 1. The zero-order valence-electron chi connectivity index (χ0n) is 15.0. The van der Waals surface area contributed by atoms with Crippen molar-refractivity contribution in [2.75, 3.05) is 30.4 Å². The normalized spacial score (nSPS) is 15.7. The number of aliphatic hydroxyl groups excluding tert-OH is 1. The predicted molar refractivity (Wildman–Crippen MR) is 101 cm³/mol. The topological polar surface area (TPSA) is 108 Å². The van der Waals surface area contributed by atoms with Crippen LogP contribution in [-0.4, -0.2) is 46.8 Å². The van der Waals surface area contributed by atoms with Crippen LogP contribution in [0.4, 0.5) is 17.5 Å². The standard InChI is InChI=1S/C19H23N5O3/c25-7-8-27-18(26)16-11-21-19(24-17(16)22-14-3-4-14)23-15-2-1-13-10-20-6-5-12(13)9-15/h1-2,9,11,14,20,25H,3-8,10H2,(H2,21,22,23,24). The van der Waals surface area contributed by atoms with Gasteiger partial charge in [0.1, 0.15) is 18.0 Å². The number of benzene rings is 1. The van der Waals surface area contributed by atoms with Crippen molar-refractivity contribution in [1.29, 1.82) is 0 Å². The second kappa shape index (κ2) is 7.89. The lowest BCUT2D eigenvalue weighted by atomic mass is 10.0. The molecule has 4 rings (SSSR count). The van der Waals surface area contributed by atoms with E-state index in [1.165, 1.54) is 17.3 Å². The van der Waals surface area contributed by atoms with E-state index in [2.05, 4.69) is 38.1 Å². The molecule has 8 nitrogen and oxygen atoms in total. The van der Waals surface area contributed by atoms with Gasteiger partial charge in [-0.15, -0.1) is 0 Å². The highest BCUT2D eigenvalue weighted by molar-refractivity contribution is 5.94. The van der Waals surface area contributed by atoms with E-state index < -0.39 is 5.97 Å². The summed E-state index contributed by atoms with van der Waals surface area (Å²) >= 11 is 0. The first-order chi connectivity index (χ1) is 13.2. The van der Waals surface area contributed by atoms with Gasteiger partial charge in [0.05, 0.1) is 6.61 Å². The van der Waals surface area contributed by atoms with Crippen LogP contribution in [0.25, 0.3) is 0 Å². The maximum absolute atomic E-state index is 12.2. The highest BCUT2D eigenvalue weighted by Gasteiger charge is 2.25. The zero-order chi connectivity index (χ0) is 18.6. The number of rotatable bonds is 7. The Kier molecular flexibility index (Phi) is 5.17. The number of carbonyl (C=O) groups excluding carboxylic acids is 1. The fraction of sp³-hybridized carbons (Fsp3) is 0.421. The van der Waals surface area contributed by atoms with Gasteiger partial charge in [-0.3, -0.25) is 0 Å². The number of aromatic nitrogens is 2. The summed E-state index contributed by atoms with van der Waals surface area (Å²) < 4.78 is 5.00. The summed E-state index contributed by atoms with van der Waals surface area (Å²) in [6, 6.07) is 6.56. The number of carbonyl (C=O) groups is 1. The number of aliphatic hydroxyl groups is 1. The van der Waals surface area contributed by atoms with E-state index in [1.54, 1.807) is 0 Å². The van der Waals surface area contributed by atoms with Gasteiger partial charge in [-0.1, -0.05) is 6.07 Å². The summed E-state index contributed by atoms with van der Waals surface area (Å²) in [7, 11) is 0. The number of ether oxygens (including phenoxy) is 1. The molecule has 142 valence electrons. The van der Waals surface area contributed by atoms with E-state index in [4.69, 9.17) is 9.84 Å². The van der Waals surface area contributed by atoms with E-state index in [-0.39, 0.29) is 18.8 Å². The zero-order valence-corrected chi connectivity index (χ0v) is 15.0. The van der Waals surface area contributed by atoms with Crippen LogP contribution in [0, 0.1) is 0 Å². The van der Waals surface area contributed by atoms with E-state index in [0.29, 0.717) is 17.8 Å². The molecule has 4 N–H and O–H groups in total. The van der Waals surface area contributed by atoms with Crippen LogP contribution in [0.3, 0.4) is 0 Å². The number of nitrogens with zero attached hydrogens (tertiary/aromatic N) is 2. The molecule has 0 spiro atoms. The Morgan fingerprint density at radius 1 is 1.33 bits per heavy atom. The fourth-order valence-corrected chi connectivity index (χ4v) is 3.02. The third-order valence-corrected chi connectivity index (χ3v) is 4.60. The molecule has 1 aromatic carbocycles. The quantitative estimate of drug-likeness (QED) is 0.545. The molecular formula is C19H23N5O3. The van der Waals surface area contributed by atoms with Crippen LogP contribution in [-0.2, 0) is 17.7 Å². The van der Waals surface area contributed by atoms with E-state index in [0.717, 1.165) is 38.0 Å². The van der Waals surface area contributed by atoms with Gasteiger partial charge in [-0.2, -0.15) is 4.98 Å². The van der Waals surface area contributed by atoms with Gasteiger partial charge in [-0.25, -0.2) is 9.78 Å². The van der Waals surface area contributed by atoms with Gasteiger partial charge in [-0.05, 0) is 49.1 Å². The molecule has 1 aromatic heterocycles. The molecule has 1 fully saturated rings. The van der Waals surface area contributed by atoms with E-state index in [9.17, 15) is 4.79 Å². The molecule has 0 radical (unpaired) electrons. The van der Waals surface area contributed by atoms with Gasteiger partial charge in [0.15, 0.2) is 0 Å². The molecule has 1 saturated carbocycles. The van der Waals surface area contributed by atoms with Gasteiger partial charge in [0.25, 0.3) is 0 Å². The molecule has 0 atom stereocenters. The van der Waals surface area contributed by atoms with Crippen molar-refractivity contribution in [2.24, 2.45) is 0 Å². The van der Waals surface area contributed by atoms with Crippen molar-refractivity contribution < 1.29 is 14.6 Å². The first-order valence-corrected chi connectivity index (χ1v) is 9.24. The smallest absolute Gasteiger partial charge is 0.343 e. The summed E-state index contributed by atoms with van der Waals surface area (Å²) in [4.78, 5) is 20.9. The molecule has 2 aromatic rings. The molecule has 1 aliphatic carbocycles. The third kappa shape index (κ3) is 4.35. The molecule has 2 heterocycles. The Morgan fingerprint density at radius 2 is 2.22 bits per heavy atom. The largest absolute Gasteiger partial charge is 0.460 e. The maximum atomic E-state index is 12.2. The van der Waals surface area contributed by atoms with Crippen molar-refractivity contribution in [3.05, 3.63) is 41.1 Å². The average Bonchev–Trinajstić information content (AvgIpc) is 3.50. The van der Waals surface area contributed by atoms with Crippen LogP contribution in [0.15, 0.2) is 24.4 Å². The highest BCUT2D eigenvalue weighted by Crippen LogP contribution is 2.27. The molecule has 0 saturated heterocycles. The Bertz CT molecular complexity index is 838. The highest BCUT2D eigenvalue weighted by atomic mass is 16.5. The van der Waals surface area contributed by atoms with Crippen LogP contribution >= 0.6 is 0 Å². The molecule has 2 aliphatic rings. The SMILES string of the molecule is O=C(OCCO)c1cnc(Nc2ccc3c(c2)CCNC3)nc1NC1CC1. The molecular weight excluding hydrogens is 346 g/mol. The van der Waals surface area contributed by atoms with Crippen molar-refractivity contribution in [3.63, 3.8) is 0 Å². The van der Waals surface area contributed by atoms with Crippen LogP contribution in [0.1, 0.15) is 34.3 Å². The Hall–Kier alpha value is -2.71. The monoisotopic (exact) mass is 369 g/mol. The van der Waals surface area contributed by atoms with Crippen molar-refractivity contribution in [3.8, 4) is 0 Å². The Labute approximate surface area is 157 Å². The van der Waals surface area contributed by atoms with Crippen LogP contribution in [0.2, 0.25) is 0 Å². The van der Waals surface area contributed by atoms with Gasteiger partial charge in [0, 0.05) is 24.5 Å². The lowest BCUT2D eigenvalue weighted by Crippen LogP contribution is -2.23. The summed E-state index contributed by atoms with van der Waals surface area (Å²) in [5, 5.41) is 18.7. The second-order valence-corrected chi connectivity index (χ2v) is 6.77. The second-order valence-electron chi connectivity index (χ2n) is 6.77. The van der Waals surface area contributed by atoms with Crippen LogP contribution < -0.4 is 16.0 Å². The van der Waals surface area contributed by atoms with Gasteiger partial charge in [0.2, 0.25) is 5.95 Å². The number of hydrogen-bond acceptors (Lipinski definition) is 8. The number of nitrogens with one attached hydrogen (secondary N) is 3. The third-order valence-electron chi connectivity index (χ3n) is 4.60.